The smallest absolute Gasteiger partial charge is 0.248 e. The predicted octanol–water partition coefficient (Wildman–Crippen LogP) is 3.35. The van der Waals surface area contributed by atoms with E-state index in [0.29, 0.717) is 12.1 Å². The van der Waals surface area contributed by atoms with Gasteiger partial charge in [0, 0.05) is 23.7 Å². The number of rotatable bonds is 6. The molecule has 2 aromatic carbocycles. The molecule has 0 bridgehead atoms. The first kappa shape index (κ1) is 17.8. The molecular formula is C19H20N2O2S. The molecule has 0 aromatic heterocycles. The summed E-state index contributed by atoms with van der Waals surface area (Å²) in [6.45, 7) is 0. The Bertz CT molecular complexity index is 722. The average molecular weight is 340 g/mol. The molecule has 0 saturated carbocycles. The molecule has 5 heteroatoms. The van der Waals surface area contributed by atoms with Crippen molar-refractivity contribution in [3.8, 4) is 0 Å². The zero-order valence-corrected chi connectivity index (χ0v) is 14.5. The number of hydrogen-bond donors (Lipinski definition) is 2. The molecule has 4 nitrogen and oxygen atoms in total. The summed E-state index contributed by atoms with van der Waals surface area (Å²) in [4.78, 5) is 24.5. The number of amides is 2. The van der Waals surface area contributed by atoms with Gasteiger partial charge >= 0.3 is 0 Å². The van der Waals surface area contributed by atoms with Gasteiger partial charge in [0.2, 0.25) is 11.8 Å². The summed E-state index contributed by atoms with van der Waals surface area (Å²) >= 11 is 1.68. The first-order valence-electron chi connectivity index (χ1n) is 7.53. The van der Waals surface area contributed by atoms with Crippen LogP contribution in [0.4, 0.5) is 5.69 Å². The summed E-state index contributed by atoms with van der Waals surface area (Å²) in [7, 11) is 1.61. The van der Waals surface area contributed by atoms with Gasteiger partial charge in [-0.1, -0.05) is 24.3 Å². The zero-order valence-electron chi connectivity index (χ0n) is 13.7. The largest absolute Gasteiger partial charge is 0.359 e. The number of carbonyl (C=O) groups is 2. The van der Waals surface area contributed by atoms with Gasteiger partial charge in [-0.25, -0.2) is 0 Å². The monoisotopic (exact) mass is 340 g/mol. The van der Waals surface area contributed by atoms with Crippen LogP contribution in [-0.2, 0) is 16.0 Å². The van der Waals surface area contributed by atoms with Crippen LogP contribution < -0.4 is 10.6 Å². The molecule has 24 heavy (non-hydrogen) atoms. The summed E-state index contributed by atoms with van der Waals surface area (Å²) in [5.41, 5.74) is 2.57. The van der Waals surface area contributed by atoms with E-state index in [0.717, 1.165) is 11.1 Å². The van der Waals surface area contributed by atoms with E-state index in [1.165, 1.54) is 11.0 Å². The highest BCUT2D eigenvalue weighted by Gasteiger charge is 2.02. The molecule has 2 N–H and O–H groups in total. The van der Waals surface area contributed by atoms with E-state index in [9.17, 15) is 9.59 Å². The SMILES string of the molecule is CNC(=O)Cc1ccc(NC(=O)C=Cc2ccc(SC)cc2)cc1. The van der Waals surface area contributed by atoms with Crippen LogP contribution >= 0.6 is 11.8 Å². The minimum Gasteiger partial charge on any atom is -0.359 e. The average Bonchev–Trinajstić information content (AvgIpc) is 2.62. The molecule has 2 amide bonds. The van der Waals surface area contributed by atoms with Crippen molar-refractivity contribution in [2.75, 3.05) is 18.6 Å². The van der Waals surface area contributed by atoms with Gasteiger partial charge in [-0.05, 0) is 47.7 Å². The molecule has 0 heterocycles. The van der Waals surface area contributed by atoms with Gasteiger partial charge in [-0.2, -0.15) is 0 Å². The maximum Gasteiger partial charge on any atom is 0.248 e. The molecule has 0 spiro atoms. The van der Waals surface area contributed by atoms with Crippen molar-refractivity contribution >= 4 is 35.3 Å². The molecule has 0 atom stereocenters. The van der Waals surface area contributed by atoms with E-state index in [1.54, 1.807) is 37.0 Å². The first-order valence-corrected chi connectivity index (χ1v) is 8.76. The van der Waals surface area contributed by atoms with Crippen molar-refractivity contribution in [2.45, 2.75) is 11.3 Å². The lowest BCUT2D eigenvalue weighted by molar-refractivity contribution is -0.120. The van der Waals surface area contributed by atoms with E-state index in [-0.39, 0.29) is 11.8 Å². The van der Waals surface area contributed by atoms with Gasteiger partial charge in [0.1, 0.15) is 0 Å². The van der Waals surface area contributed by atoms with Crippen molar-refractivity contribution < 1.29 is 9.59 Å². The summed E-state index contributed by atoms with van der Waals surface area (Å²) < 4.78 is 0. The summed E-state index contributed by atoms with van der Waals surface area (Å²) in [5.74, 6) is -0.231. The number of hydrogen-bond acceptors (Lipinski definition) is 3. The van der Waals surface area contributed by atoms with Crippen LogP contribution in [0.15, 0.2) is 59.5 Å². The van der Waals surface area contributed by atoms with E-state index >= 15 is 0 Å². The summed E-state index contributed by atoms with van der Waals surface area (Å²) in [6, 6.07) is 15.2. The molecule has 0 saturated heterocycles. The minimum atomic E-state index is -0.192. The quantitative estimate of drug-likeness (QED) is 0.626. The Hall–Kier alpha value is -2.53. The lowest BCUT2D eigenvalue weighted by Gasteiger charge is -2.04. The number of benzene rings is 2. The maximum absolute atomic E-state index is 12.0. The molecule has 0 aliphatic rings. The molecule has 0 radical (unpaired) electrons. The van der Waals surface area contributed by atoms with Gasteiger partial charge < -0.3 is 10.6 Å². The second kappa shape index (κ2) is 8.93. The molecular weight excluding hydrogens is 320 g/mol. The Balaban J connectivity index is 1.91. The number of thioether (sulfide) groups is 1. The van der Waals surface area contributed by atoms with Crippen LogP contribution in [0, 0.1) is 0 Å². The lowest BCUT2D eigenvalue weighted by atomic mass is 10.1. The van der Waals surface area contributed by atoms with Crippen LogP contribution in [0.2, 0.25) is 0 Å². The van der Waals surface area contributed by atoms with Crippen LogP contribution in [0.5, 0.6) is 0 Å². The third-order valence-electron chi connectivity index (χ3n) is 3.41. The van der Waals surface area contributed by atoms with Crippen LogP contribution in [0.1, 0.15) is 11.1 Å². The normalized spacial score (nSPS) is 10.6. The second-order valence-electron chi connectivity index (χ2n) is 5.14. The Morgan fingerprint density at radius 2 is 1.71 bits per heavy atom. The van der Waals surface area contributed by atoms with Gasteiger partial charge in [-0.3, -0.25) is 9.59 Å². The molecule has 0 aliphatic heterocycles. The summed E-state index contributed by atoms with van der Waals surface area (Å²) in [5, 5.41) is 5.38. The Labute approximate surface area is 146 Å². The van der Waals surface area contributed by atoms with Gasteiger partial charge in [-0.15, -0.1) is 11.8 Å². The van der Waals surface area contributed by atoms with Crippen LogP contribution in [0.25, 0.3) is 6.08 Å². The molecule has 0 aliphatic carbocycles. The van der Waals surface area contributed by atoms with E-state index in [1.807, 2.05) is 42.7 Å². The van der Waals surface area contributed by atoms with E-state index in [4.69, 9.17) is 0 Å². The standard InChI is InChI=1S/C19H20N2O2S/c1-20-19(23)13-15-3-8-16(9-4-15)21-18(22)12-7-14-5-10-17(24-2)11-6-14/h3-12H,13H2,1-2H3,(H,20,23)(H,21,22). The molecule has 2 rings (SSSR count). The Morgan fingerprint density at radius 1 is 1.04 bits per heavy atom. The van der Waals surface area contributed by atoms with Crippen molar-refractivity contribution in [3.63, 3.8) is 0 Å². The number of anilines is 1. The highest BCUT2D eigenvalue weighted by atomic mass is 32.2. The zero-order chi connectivity index (χ0) is 17.4. The van der Waals surface area contributed by atoms with Crippen molar-refractivity contribution in [2.24, 2.45) is 0 Å². The van der Waals surface area contributed by atoms with E-state index in [2.05, 4.69) is 10.6 Å². The third kappa shape index (κ3) is 5.59. The van der Waals surface area contributed by atoms with Gasteiger partial charge in [0.25, 0.3) is 0 Å². The topological polar surface area (TPSA) is 58.2 Å². The van der Waals surface area contributed by atoms with Crippen molar-refractivity contribution in [1.82, 2.24) is 5.32 Å². The van der Waals surface area contributed by atoms with Crippen molar-refractivity contribution in [1.29, 1.82) is 0 Å². The number of likely N-dealkylation sites (N-methyl/N-ethyl adjacent to an activating group) is 1. The first-order chi connectivity index (χ1) is 11.6. The van der Waals surface area contributed by atoms with Gasteiger partial charge in [0.05, 0.1) is 6.42 Å². The molecule has 124 valence electrons. The lowest BCUT2D eigenvalue weighted by Crippen LogP contribution is -2.19. The summed E-state index contributed by atoms with van der Waals surface area (Å²) in [6.07, 6.45) is 5.64. The molecule has 2 aromatic rings. The molecule has 0 fully saturated rings. The number of nitrogens with one attached hydrogen (secondary N) is 2. The highest BCUT2D eigenvalue weighted by Crippen LogP contribution is 2.15. The number of carbonyl (C=O) groups excluding carboxylic acids is 2. The highest BCUT2D eigenvalue weighted by molar-refractivity contribution is 7.98. The van der Waals surface area contributed by atoms with E-state index < -0.39 is 0 Å². The predicted molar refractivity (Wildman–Crippen MR) is 100 cm³/mol. The third-order valence-corrected chi connectivity index (χ3v) is 4.15. The van der Waals surface area contributed by atoms with Crippen LogP contribution in [0.3, 0.4) is 0 Å². The van der Waals surface area contributed by atoms with Crippen molar-refractivity contribution in [3.05, 3.63) is 65.7 Å². The second-order valence-corrected chi connectivity index (χ2v) is 6.02. The Kier molecular flexibility index (Phi) is 6.63. The fraction of sp³-hybridized carbons (Fsp3) is 0.158. The van der Waals surface area contributed by atoms with Gasteiger partial charge in [0.15, 0.2) is 0 Å². The van der Waals surface area contributed by atoms with Crippen LogP contribution in [-0.4, -0.2) is 25.1 Å². The Morgan fingerprint density at radius 3 is 2.29 bits per heavy atom. The fourth-order valence-corrected chi connectivity index (χ4v) is 2.46. The molecule has 0 unspecified atom stereocenters. The minimum absolute atomic E-state index is 0.0396. The fourth-order valence-electron chi connectivity index (χ4n) is 2.05. The maximum atomic E-state index is 12.0.